The molecule has 0 aliphatic rings. The van der Waals surface area contributed by atoms with E-state index in [1.165, 1.54) is 16.0 Å². The summed E-state index contributed by atoms with van der Waals surface area (Å²) in [5.41, 5.74) is 5.60. The van der Waals surface area contributed by atoms with Crippen LogP contribution in [0, 0.1) is 19.8 Å². The van der Waals surface area contributed by atoms with Crippen LogP contribution in [0.3, 0.4) is 0 Å². The van der Waals surface area contributed by atoms with E-state index < -0.39 is 0 Å². The first-order valence-electron chi connectivity index (χ1n) is 4.58. The van der Waals surface area contributed by atoms with Crippen LogP contribution in [-0.2, 0) is 0 Å². The van der Waals surface area contributed by atoms with Crippen LogP contribution < -0.4 is 11.3 Å². The summed E-state index contributed by atoms with van der Waals surface area (Å²) in [4.78, 5) is 1.39. The molecule has 13 heavy (non-hydrogen) atoms. The number of thiophene rings is 1. The number of rotatable bonds is 3. The van der Waals surface area contributed by atoms with Crippen LogP contribution in [-0.4, -0.2) is 0 Å². The monoisotopic (exact) mass is 198 g/mol. The number of aryl methyl sites for hydroxylation is 1. The second kappa shape index (κ2) is 4.22. The van der Waals surface area contributed by atoms with Crippen molar-refractivity contribution in [2.75, 3.05) is 0 Å². The molecule has 1 aromatic heterocycles. The highest BCUT2D eigenvalue weighted by atomic mass is 32.1. The zero-order chi connectivity index (χ0) is 10.0. The van der Waals surface area contributed by atoms with Gasteiger partial charge in [-0.25, -0.2) is 0 Å². The molecule has 74 valence electrons. The summed E-state index contributed by atoms with van der Waals surface area (Å²) in [6, 6.07) is 0.282. The summed E-state index contributed by atoms with van der Waals surface area (Å²) in [5, 5.41) is 2.20. The van der Waals surface area contributed by atoms with E-state index in [0.717, 1.165) is 0 Å². The van der Waals surface area contributed by atoms with Gasteiger partial charge in [0.2, 0.25) is 0 Å². The molecular weight excluding hydrogens is 180 g/mol. The van der Waals surface area contributed by atoms with Gasteiger partial charge in [0.05, 0.1) is 0 Å². The van der Waals surface area contributed by atoms with Gasteiger partial charge in [-0.1, -0.05) is 13.8 Å². The minimum atomic E-state index is 0.282. The third-order valence-electron chi connectivity index (χ3n) is 2.51. The highest BCUT2D eigenvalue weighted by Gasteiger charge is 2.17. The Morgan fingerprint density at radius 1 is 1.38 bits per heavy atom. The molecular formula is C10H18N2S. The maximum atomic E-state index is 5.54. The molecule has 0 saturated heterocycles. The molecule has 0 saturated carbocycles. The molecule has 0 fully saturated rings. The molecule has 0 aliphatic carbocycles. The van der Waals surface area contributed by atoms with Crippen LogP contribution in [0.15, 0.2) is 5.38 Å². The van der Waals surface area contributed by atoms with Crippen molar-refractivity contribution in [1.82, 2.24) is 5.43 Å². The Kier molecular flexibility index (Phi) is 3.47. The fourth-order valence-corrected chi connectivity index (χ4v) is 2.40. The Hall–Kier alpha value is -0.380. The van der Waals surface area contributed by atoms with Gasteiger partial charge in [-0.15, -0.1) is 11.3 Å². The molecule has 0 amide bonds. The van der Waals surface area contributed by atoms with Gasteiger partial charge in [-0.05, 0) is 36.3 Å². The summed E-state index contributed by atoms with van der Waals surface area (Å²) >= 11 is 1.80. The number of nitrogens with one attached hydrogen (secondary N) is 1. The van der Waals surface area contributed by atoms with Crippen molar-refractivity contribution in [1.29, 1.82) is 0 Å². The minimum absolute atomic E-state index is 0.282. The maximum absolute atomic E-state index is 5.54. The first-order chi connectivity index (χ1) is 6.07. The highest BCUT2D eigenvalue weighted by molar-refractivity contribution is 7.10. The molecule has 1 atom stereocenters. The van der Waals surface area contributed by atoms with Gasteiger partial charge in [0, 0.05) is 10.9 Å². The quantitative estimate of drug-likeness (QED) is 0.578. The van der Waals surface area contributed by atoms with E-state index in [-0.39, 0.29) is 6.04 Å². The number of hydrogen-bond acceptors (Lipinski definition) is 3. The predicted octanol–water partition coefficient (Wildman–Crippen LogP) is 2.53. The smallest absolute Gasteiger partial charge is 0.0493 e. The number of hydrazine groups is 1. The van der Waals surface area contributed by atoms with Gasteiger partial charge in [0.1, 0.15) is 0 Å². The summed E-state index contributed by atoms with van der Waals surface area (Å²) < 4.78 is 0. The average molecular weight is 198 g/mol. The standard InChI is InChI=1S/C10H18N2S/c1-6(2)10(12-11)9-5-13-8(4)7(9)3/h5-6,10,12H,11H2,1-4H3. The third kappa shape index (κ3) is 2.10. The van der Waals surface area contributed by atoms with E-state index >= 15 is 0 Å². The lowest BCUT2D eigenvalue weighted by molar-refractivity contribution is 0.420. The van der Waals surface area contributed by atoms with Gasteiger partial charge in [-0.2, -0.15) is 0 Å². The second-order valence-electron chi connectivity index (χ2n) is 3.76. The van der Waals surface area contributed by atoms with Crippen molar-refractivity contribution >= 4 is 11.3 Å². The molecule has 0 radical (unpaired) electrons. The molecule has 2 nitrogen and oxygen atoms in total. The lowest BCUT2D eigenvalue weighted by atomic mass is 9.96. The largest absolute Gasteiger partial charge is 0.271 e. The first-order valence-corrected chi connectivity index (χ1v) is 5.46. The Morgan fingerprint density at radius 2 is 2.00 bits per heavy atom. The zero-order valence-corrected chi connectivity index (χ0v) is 9.53. The second-order valence-corrected chi connectivity index (χ2v) is 4.84. The van der Waals surface area contributed by atoms with E-state index in [2.05, 4.69) is 38.5 Å². The Morgan fingerprint density at radius 3 is 2.31 bits per heavy atom. The van der Waals surface area contributed by atoms with Crippen LogP contribution in [0.2, 0.25) is 0 Å². The Bertz CT molecular complexity index is 278. The van der Waals surface area contributed by atoms with E-state index in [1.807, 2.05) is 0 Å². The summed E-state index contributed by atoms with van der Waals surface area (Å²) in [7, 11) is 0. The van der Waals surface area contributed by atoms with Crippen molar-refractivity contribution in [2.45, 2.75) is 33.7 Å². The van der Waals surface area contributed by atoms with E-state index in [9.17, 15) is 0 Å². The SMILES string of the molecule is Cc1scc(C(NN)C(C)C)c1C. The van der Waals surface area contributed by atoms with Crippen LogP contribution in [0.5, 0.6) is 0 Å². The Labute approximate surface area is 84.1 Å². The number of hydrogen-bond donors (Lipinski definition) is 2. The van der Waals surface area contributed by atoms with Gasteiger partial charge in [-0.3, -0.25) is 11.3 Å². The van der Waals surface area contributed by atoms with Crippen LogP contribution in [0.25, 0.3) is 0 Å². The molecule has 0 aliphatic heterocycles. The molecule has 1 unspecified atom stereocenters. The molecule has 1 aromatic rings. The van der Waals surface area contributed by atoms with Crippen LogP contribution in [0.4, 0.5) is 0 Å². The van der Waals surface area contributed by atoms with Crippen LogP contribution >= 0.6 is 11.3 Å². The average Bonchev–Trinajstić information content (AvgIpc) is 2.37. The molecule has 0 bridgehead atoms. The first kappa shape index (κ1) is 10.7. The van der Waals surface area contributed by atoms with Crippen molar-refractivity contribution in [3.63, 3.8) is 0 Å². The molecule has 0 aromatic carbocycles. The lowest BCUT2D eigenvalue weighted by Crippen LogP contribution is -2.31. The fraction of sp³-hybridized carbons (Fsp3) is 0.600. The van der Waals surface area contributed by atoms with Gasteiger partial charge >= 0.3 is 0 Å². The van der Waals surface area contributed by atoms with E-state index in [4.69, 9.17) is 5.84 Å². The highest BCUT2D eigenvalue weighted by Crippen LogP contribution is 2.29. The Balaban J connectivity index is 2.98. The normalized spacial score (nSPS) is 13.7. The maximum Gasteiger partial charge on any atom is 0.0493 e. The van der Waals surface area contributed by atoms with E-state index in [1.54, 1.807) is 11.3 Å². The lowest BCUT2D eigenvalue weighted by Gasteiger charge is -2.19. The van der Waals surface area contributed by atoms with Crippen molar-refractivity contribution in [3.05, 3.63) is 21.4 Å². The molecule has 3 N–H and O–H groups in total. The van der Waals surface area contributed by atoms with Gasteiger partial charge in [0.25, 0.3) is 0 Å². The zero-order valence-electron chi connectivity index (χ0n) is 8.72. The van der Waals surface area contributed by atoms with E-state index in [0.29, 0.717) is 5.92 Å². The van der Waals surface area contributed by atoms with Gasteiger partial charge in [0.15, 0.2) is 0 Å². The summed E-state index contributed by atoms with van der Waals surface area (Å²) in [6.07, 6.45) is 0. The van der Waals surface area contributed by atoms with Gasteiger partial charge < -0.3 is 0 Å². The number of nitrogens with two attached hydrogens (primary N) is 1. The van der Waals surface area contributed by atoms with Crippen molar-refractivity contribution < 1.29 is 0 Å². The fourth-order valence-electron chi connectivity index (χ4n) is 1.48. The molecule has 0 spiro atoms. The summed E-state index contributed by atoms with van der Waals surface area (Å²) in [5.74, 6) is 6.06. The molecule has 3 heteroatoms. The predicted molar refractivity (Wildman–Crippen MR) is 58.7 cm³/mol. The summed E-state index contributed by atoms with van der Waals surface area (Å²) in [6.45, 7) is 8.67. The third-order valence-corrected chi connectivity index (χ3v) is 3.54. The van der Waals surface area contributed by atoms with Crippen molar-refractivity contribution in [2.24, 2.45) is 11.8 Å². The molecule has 1 rings (SSSR count). The minimum Gasteiger partial charge on any atom is -0.271 e. The van der Waals surface area contributed by atoms with Crippen LogP contribution in [0.1, 0.15) is 35.9 Å². The molecule has 1 heterocycles. The topological polar surface area (TPSA) is 38.0 Å². The van der Waals surface area contributed by atoms with Crippen molar-refractivity contribution in [3.8, 4) is 0 Å².